The number of benzene rings is 2. The lowest BCUT2D eigenvalue weighted by atomic mass is 10.1. The van der Waals surface area contributed by atoms with Gasteiger partial charge in [-0.05, 0) is 44.2 Å². The molecule has 0 saturated carbocycles. The van der Waals surface area contributed by atoms with Gasteiger partial charge in [-0.3, -0.25) is 0 Å². The number of carbonyl (C=O) groups is 1. The molecular formula is C21H22N2O5S. The number of hydrogen-bond acceptors (Lipinski definition) is 6. The van der Waals surface area contributed by atoms with E-state index in [1.54, 1.807) is 24.3 Å². The Bertz CT molecular complexity index is 1020. The van der Waals surface area contributed by atoms with Crippen molar-refractivity contribution in [1.29, 1.82) is 5.26 Å². The van der Waals surface area contributed by atoms with Crippen LogP contribution in [0.15, 0.2) is 53.4 Å². The second kappa shape index (κ2) is 8.74. The molecule has 0 N–H and O–H groups in total. The summed E-state index contributed by atoms with van der Waals surface area (Å²) in [6.07, 6.45) is -0.363. The largest absolute Gasteiger partial charge is 0.457 e. The van der Waals surface area contributed by atoms with Crippen molar-refractivity contribution in [2.24, 2.45) is 0 Å². The zero-order valence-electron chi connectivity index (χ0n) is 16.2. The van der Waals surface area contributed by atoms with Crippen molar-refractivity contribution in [3.63, 3.8) is 0 Å². The molecule has 2 atom stereocenters. The van der Waals surface area contributed by atoms with E-state index in [2.05, 4.69) is 0 Å². The van der Waals surface area contributed by atoms with Crippen LogP contribution in [0.25, 0.3) is 0 Å². The Labute approximate surface area is 170 Å². The van der Waals surface area contributed by atoms with Gasteiger partial charge < -0.3 is 9.47 Å². The van der Waals surface area contributed by atoms with Crippen LogP contribution in [0.3, 0.4) is 0 Å². The zero-order valence-corrected chi connectivity index (χ0v) is 17.1. The summed E-state index contributed by atoms with van der Waals surface area (Å²) >= 11 is 0. The fourth-order valence-corrected chi connectivity index (χ4v) is 4.81. The van der Waals surface area contributed by atoms with E-state index in [0.717, 1.165) is 0 Å². The van der Waals surface area contributed by atoms with Crippen molar-refractivity contribution in [3.05, 3.63) is 65.2 Å². The normalized spacial score (nSPS) is 20.0. The van der Waals surface area contributed by atoms with Gasteiger partial charge in [0.05, 0.1) is 34.3 Å². The molecule has 1 saturated heterocycles. The molecule has 0 aromatic heterocycles. The minimum Gasteiger partial charge on any atom is -0.457 e. The first-order valence-corrected chi connectivity index (χ1v) is 10.7. The van der Waals surface area contributed by atoms with E-state index in [1.165, 1.54) is 28.6 Å². The fourth-order valence-electron chi connectivity index (χ4n) is 3.22. The SMILES string of the molecule is C[C@@H]1CN(S(=O)(=O)c2ccc(C(=O)OCc3ccccc3C#N)cc2)C[C@@H](C)O1. The van der Waals surface area contributed by atoms with Crippen molar-refractivity contribution >= 4 is 16.0 Å². The van der Waals surface area contributed by atoms with Gasteiger partial charge in [0.1, 0.15) is 6.61 Å². The summed E-state index contributed by atoms with van der Waals surface area (Å²) in [5, 5.41) is 9.09. The third-order valence-corrected chi connectivity index (χ3v) is 6.46. The number of ether oxygens (including phenoxy) is 2. The highest BCUT2D eigenvalue weighted by Crippen LogP contribution is 2.22. The van der Waals surface area contributed by atoms with E-state index in [0.29, 0.717) is 11.1 Å². The second-order valence-electron chi connectivity index (χ2n) is 6.95. The Morgan fingerprint density at radius 3 is 2.38 bits per heavy atom. The first-order chi connectivity index (χ1) is 13.8. The van der Waals surface area contributed by atoms with Crippen LogP contribution in [0.5, 0.6) is 0 Å². The molecule has 8 heteroatoms. The Morgan fingerprint density at radius 1 is 1.14 bits per heavy atom. The number of morpholine rings is 1. The number of carbonyl (C=O) groups excluding carboxylic acids is 1. The number of esters is 1. The van der Waals surface area contributed by atoms with Crippen LogP contribution < -0.4 is 0 Å². The number of hydrogen-bond donors (Lipinski definition) is 0. The van der Waals surface area contributed by atoms with Crippen LogP contribution in [0.1, 0.15) is 35.3 Å². The van der Waals surface area contributed by atoms with Crippen molar-refractivity contribution in [3.8, 4) is 6.07 Å². The molecule has 2 aromatic rings. The van der Waals surface area contributed by atoms with Crippen LogP contribution >= 0.6 is 0 Å². The molecule has 152 valence electrons. The predicted molar refractivity (Wildman–Crippen MR) is 105 cm³/mol. The van der Waals surface area contributed by atoms with Crippen molar-refractivity contribution in [1.82, 2.24) is 4.31 Å². The van der Waals surface area contributed by atoms with E-state index >= 15 is 0 Å². The average molecular weight is 414 g/mol. The Balaban J connectivity index is 1.69. The van der Waals surface area contributed by atoms with Crippen LogP contribution in [-0.4, -0.2) is 44.0 Å². The molecule has 0 spiro atoms. The monoisotopic (exact) mass is 414 g/mol. The summed E-state index contributed by atoms with van der Waals surface area (Å²) in [6.45, 7) is 4.21. The quantitative estimate of drug-likeness (QED) is 0.698. The standard InChI is InChI=1S/C21H22N2O5S/c1-15-12-23(13-16(2)28-15)29(25,26)20-9-7-17(8-10-20)21(24)27-14-19-6-4-3-5-18(19)11-22/h3-10,15-16H,12-14H2,1-2H3/t15-,16-/m1/s1. The van der Waals surface area contributed by atoms with Crippen molar-refractivity contribution in [2.45, 2.75) is 37.6 Å². The maximum atomic E-state index is 12.9. The summed E-state index contributed by atoms with van der Waals surface area (Å²) in [5.74, 6) is -0.588. The summed E-state index contributed by atoms with van der Waals surface area (Å²) in [7, 11) is -3.67. The van der Waals surface area contributed by atoms with Gasteiger partial charge in [-0.25, -0.2) is 13.2 Å². The molecule has 0 radical (unpaired) electrons. The minimum absolute atomic E-state index is 0.0355. The van der Waals surface area contributed by atoms with E-state index in [1.807, 2.05) is 19.9 Å². The van der Waals surface area contributed by atoms with Gasteiger partial charge in [-0.1, -0.05) is 18.2 Å². The van der Waals surface area contributed by atoms with Crippen LogP contribution in [0, 0.1) is 11.3 Å². The van der Waals surface area contributed by atoms with Crippen molar-refractivity contribution in [2.75, 3.05) is 13.1 Å². The van der Waals surface area contributed by atoms with Gasteiger partial charge in [0, 0.05) is 18.7 Å². The minimum atomic E-state index is -3.67. The summed E-state index contributed by atoms with van der Waals surface area (Å²) < 4.78 is 38.0. The number of sulfonamides is 1. The van der Waals surface area contributed by atoms with Gasteiger partial charge in [0.25, 0.3) is 0 Å². The van der Waals surface area contributed by atoms with Crippen LogP contribution in [-0.2, 0) is 26.1 Å². The highest BCUT2D eigenvalue weighted by Gasteiger charge is 2.32. The van der Waals surface area contributed by atoms with Gasteiger partial charge in [0.2, 0.25) is 10.0 Å². The predicted octanol–water partition coefficient (Wildman–Crippen LogP) is 2.71. The van der Waals surface area contributed by atoms with Gasteiger partial charge in [-0.2, -0.15) is 9.57 Å². The van der Waals surface area contributed by atoms with Crippen molar-refractivity contribution < 1.29 is 22.7 Å². The molecule has 0 unspecified atom stereocenters. The average Bonchev–Trinajstić information content (AvgIpc) is 2.71. The molecule has 1 heterocycles. The van der Waals surface area contributed by atoms with E-state index in [-0.39, 0.29) is 42.4 Å². The van der Waals surface area contributed by atoms with Gasteiger partial charge in [0.15, 0.2) is 0 Å². The molecule has 0 aliphatic carbocycles. The van der Waals surface area contributed by atoms with E-state index < -0.39 is 16.0 Å². The highest BCUT2D eigenvalue weighted by atomic mass is 32.2. The molecule has 1 fully saturated rings. The van der Waals surface area contributed by atoms with Gasteiger partial charge in [-0.15, -0.1) is 0 Å². The van der Waals surface area contributed by atoms with E-state index in [9.17, 15) is 13.2 Å². The number of nitriles is 1. The molecule has 2 aromatic carbocycles. The van der Waals surface area contributed by atoms with E-state index in [4.69, 9.17) is 14.7 Å². The summed E-state index contributed by atoms with van der Waals surface area (Å²) in [6, 6.07) is 14.6. The topological polar surface area (TPSA) is 96.7 Å². The van der Waals surface area contributed by atoms with Crippen LogP contribution in [0.4, 0.5) is 0 Å². The molecule has 29 heavy (non-hydrogen) atoms. The Morgan fingerprint density at radius 2 is 1.76 bits per heavy atom. The lowest BCUT2D eigenvalue weighted by Gasteiger charge is -2.34. The van der Waals surface area contributed by atoms with Crippen LogP contribution in [0.2, 0.25) is 0 Å². The molecule has 7 nitrogen and oxygen atoms in total. The summed E-state index contributed by atoms with van der Waals surface area (Å²) in [4.78, 5) is 12.4. The maximum Gasteiger partial charge on any atom is 0.338 e. The first-order valence-electron chi connectivity index (χ1n) is 9.22. The Hall–Kier alpha value is -2.73. The summed E-state index contributed by atoms with van der Waals surface area (Å²) in [5.41, 5.74) is 1.29. The molecule has 0 amide bonds. The smallest absolute Gasteiger partial charge is 0.338 e. The first kappa shape index (κ1) is 21.0. The molecular weight excluding hydrogens is 392 g/mol. The highest BCUT2D eigenvalue weighted by molar-refractivity contribution is 7.89. The number of nitrogens with zero attached hydrogens (tertiary/aromatic N) is 2. The lowest BCUT2D eigenvalue weighted by Crippen LogP contribution is -2.48. The molecule has 1 aliphatic heterocycles. The third-order valence-electron chi connectivity index (χ3n) is 4.61. The maximum absolute atomic E-state index is 12.9. The van der Waals surface area contributed by atoms with Gasteiger partial charge >= 0.3 is 5.97 Å². The molecule has 3 rings (SSSR count). The molecule has 1 aliphatic rings. The zero-order chi connectivity index (χ0) is 21.0. The lowest BCUT2D eigenvalue weighted by molar-refractivity contribution is -0.0440. The second-order valence-corrected chi connectivity index (χ2v) is 8.89. The molecule has 0 bridgehead atoms. The third kappa shape index (κ3) is 4.82. The fraction of sp³-hybridized carbons (Fsp3) is 0.333. The number of rotatable bonds is 5. The Kier molecular flexibility index (Phi) is 6.33.